The van der Waals surface area contributed by atoms with Crippen molar-refractivity contribution in [3.05, 3.63) is 68.5 Å². The van der Waals surface area contributed by atoms with E-state index in [1.54, 1.807) is 25.1 Å². The number of sulfonamides is 1. The fourth-order valence-corrected chi connectivity index (χ4v) is 9.11. The number of benzene rings is 2. The fraction of sp³-hybridized carbons (Fsp3) is 0.452. The van der Waals surface area contributed by atoms with Crippen LogP contribution in [-0.2, 0) is 37.3 Å². The molecule has 0 bridgehead atoms. The van der Waals surface area contributed by atoms with Crippen molar-refractivity contribution in [1.29, 1.82) is 0 Å². The summed E-state index contributed by atoms with van der Waals surface area (Å²) in [6.45, 7) is 8.72. The van der Waals surface area contributed by atoms with Crippen LogP contribution >= 0.6 is 23.2 Å². The molecule has 1 spiro atoms. The molecule has 3 heterocycles. The Morgan fingerprint density at radius 2 is 1.93 bits per heavy atom. The summed E-state index contributed by atoms with van der Waals surface area (Å²) in [5.41, 5.74) is 5.02. The third-order valence-corrected chi connectivity index (χ3v) is 12.2. The number of carbonyl (C=O) groups excluding carboxylic acids is 1. The summed E-state index contributed by atoms with van der Waals surface area (Å²) in [6, 6.07) is 8.83. The maximum atomic E-state index is 13.6. The highest BCUT2D eigenvalue weighted by molar-refractivity contribution is 7.92. The Balaban J connectivity index is 1.35. The molecule has 0 saturated carbocycles. The number of fused-ring (bicyclic) bond motifs is 1. The smallest absolute Gasteiger partial charge is 0.360 e. The van der Waals surface area contributed by atoms with Crippen LogP contribution in [0.3, 0.4) is 0 Å². The van der Waals surface area contributed by atoms with Gasteiger partial charge in [-0.3, -0.25) is 4.72 Å². The minimum absolute atomic E-state index is 0.108. The zero-order valence-electron chi connectivity index (χ0n) is 25.7. The normalized spacial score (nSPS) is 21.5. The second kappa shape index (κ2) is 11.6. The van der Waals surface area contributed by atoms with Crippen LogP contribution in [0.1, 0.15) is 72.5 Å². The van der Waals surface area contributed by atoms with Gasteiger partial charge in [-0.2, -0.15) is 0 Å². The molecule has 2 N–H and O–H groups in total. The Kier molecular flexibility index (Phi) is 8.31. The molecular formula is C31H35Cl2N5O5S2. The number of aryl methyl sites for hydroxylation is 1. The largest absolute Gasteiger partial charge is 0.597 e. The number of nitrogens with one attached hydrogen (secondary N) is 2. The SMILES string of the molecule is CCOC(=O)c1nc(-c2cccc(Cl)c2Cl)c(C)nc1N1CCC2(CC1)Cc1cc(NS(C)(=O)=O)cc3c1[C@H]2N[S@+]([O-])C3(C)C. The molecule has 1 aliphatic carbocycles. The van der Waals surface area contributed by atoms with E-state index in [0.29, 0.717) is 58.0 Å². The van der Waals surface area contributed by atoms with Gasteiger partial charge < -0.3 is 14.2 Å². The highest BCUT2D eigenvalue weighted by Gasteiger charge is 2.57. The summed E-state index contributed by atoms with van der Waals surface area (Å²) in [7, 11) is -3.49. The molecule has 1 aromatic heterocycles. The van der Waals surface area contributed by atoms with Gasteiger partial charge in [-0.1, -0.05) is 35.3 Å². The average molecular weight is 693 g/mol. The number of anilines is 2. The van der Waals surface area contributed by atoms with Crippen LogP contribution in [0, 0.1) is 12.3 Å². The van der Waals surface area contributed by atoms with Gasteiger partial charge >= 0.3 is 5.97 Å². The number of halogens is 2. The summed E-state index contributed by atoms with van der Waals surface area (Å²) >= 11 is 11.4. The lowest BCUT2D eigenvalue weighted by Gasteiger charge is -2.46. The Labute approximate surface area is 276 Å². The van der Waals surface area contributed by atoms with Gasteiger partial charge in [0.2, 0.25) is 10.0 Å². The number of ether oxygens (including phenoxy) is 1. The number of aromatic nitrogens is 2. The number of esters is 1. The summed E-state index contributed by atoms with van der Waals surface area (Å²) in [6.07, 6.45) is 3.27. The molecule has 240 valence electrons. The van der Waals surface area contributed by atoms with Crippen molar-refractivity contribution in [2.24, 2.45) is 5.41 Å². The maximum absolute atomic E-state index is 13.6. The first-order chi connectivity index (χ1) is 21.1. The molecule has 14 heteroatoms. The fourth-order valence-electron chi connectivity index (χ4n) is 6.93. The van der Waals surface area contributed by atoms with Gasteiger partial charge in [-0.15, -0.1) is 4.72 Å². The molecular weight excluding hydrogens is 657 g/mol. The number of hydrogen-bond donors (Lipinski definition) is 2. The molecule has 3 aromatic rings. The number of piperidine rings is 1. The van der Waals surface area contributed by atoms with Crippen LogP contribution in [0.25, 0.3) is 11.3 Å². The molecule has 3 aliphatic rings. The van der Waals surface area contributed by atoms with Crippen molar-refractivity contribution in [2.75, 3.05) is 35.6 Å². The zero-order valence-corrected chi connectivity index (χ0v) is 28.8. The molecule has 0 amide bonds. The number of nitrogens with zero attached hydrogens (tertiary/aromatic N) is 3. The minimum Gasteiger partial charge on any atom is -0.597 e. The van der Waals surface area contributed by atoms with E-state index < -0.39 is 32.1 Å². The Morgan fingerprint density at radius 3 is 2.60 bits per heavy atom. The molecule has 1 fully saturated rings. The van der Waals surface area contributed by atoms with E-state index in [0.717, 1.165) is 35.8 Å². The van der Waals surface area contributed by atoms with E-state index in [4.69, 9.17) is 37.9 Å². The Bertz CT molecular complexity index is 1810. The van der Waals surface area contributed by atoms with Crippen LogP contribution in [0.15, 0.2) is 30.3 Å². The first-order valence-corrected chi connectivity index (χ1v) is 18.5. The third-order valence-electron chi connectivity index (χ3n) is 9.14. The minimum atomic E-state index is -3.49. The number of rotatable bonds is 6. The van der Waals surface area contributed by atoms with Crippen molar-refractivity contribution >= 4 is 62.1 Å². The van der Waals surface area contributed by atoms with Crippen molar-refractivity contribution in [3.63, 3.8) is 0 Å². The van der Waals surface area contributed by atoms with E-state index in [9.17, 15) is 17.8 Å². The number of carbonyl (C=O) groups is 1. The molecule has 0 radical (unpaired) electrons. The second-order valence-corrected chi connectivity index (χ2v) is 16.8. The molecule has 0 unspecified atom stereocenters. The number of hydrogen-bond acceptors (Lipinski definition) is 9. The predicted octanol–water partition coefficient (Wildman–Crippen LogP) is 5.69. The van der Waals surface area contributed by atoms with Crippen molar-refractivity contribution < 1.29 is 22.5 Å². The van der Waals surface area contributed by atoms with Gasteiger partial charge in [0.15, 0.2) is 16.3 Å². The lowest BCUT2D eigenvalue weighted by Crippen LogP contribution is -2.53. The van der Waals surface area contributed by atoms with E-state index >= 15 is 0 Å². The van der Waals surface area contributed by atoms with E-state index in [2.05, 4.69) is 14.3 Å². The van der Waals surface area contributed by atoms with E-state index in [1.165, 1.54) is 0 Å². The standard InChI is InChI=1S/C31H35Cl2N5O5S2/c1-6-43-29(39)26-28(34-17(2)25(35-26)20-8-7-9-22(32)24(20)33)38-12-10-31(11-13-38)16-18-14-19(37-45(5,41)42)15-21-23(18)27(31)36-44(40)30(21,3)4/h7-9,14-15,27,36-37H,6,10-13,16H2,1-5H3/t27-,44-/m1/s1. The van der Waals surface area contributed by atoms with E-state index in [-0.39, 0.29) is 23.8 Å². The van der Waals surface area contributed by atoms with Gasteiger partial charge in [-0.25, -0.2) is 23.2 Å². The molecule has 1 saturated heterocycles. The highest BCUT2D eigenvalue weighted by Crippen LogP contribution is 2.58. The van der Waals surface area contributed by atoms with Crippen LogP contribution in [0.5, 0.6) is 0 Å². The van der Waals surface area contributed by atoms with Gasteiger partial charge in [0.25, 0.3) is 0 Å². The van der Waals surface area contributed by atoms with Crippen LogP contribution in [0.2, 0.25) is 10.0 Å². The topological polar surface area (TPSA) is 137 Å². The quantitative estimate of drug-likeness (QED) is 0.247. The highest BCUT2D eigenvalue weighted by atomic mass is 35.5. The first-order valence-electron chi connectivity index (χ1n) is 14.7. The lowest BCUT2D eigenvalue weighted by molar-refractivity contribution is 0.0519. The second-order valence-electron chi connectivity index (χ2n) is 12.5. The van der Waals surface area contributed by atoms with Crippen molar-refractivity contribution in [2.45, 2.75) is 57.7 Å². The maximum Gasteiger partial charge on any atom is 0.360 e. The predicted molar refractivity (Wildman–Crippen MR) is 178 cm³/mol. The zero-order chi connectivity index (χ0) is 32.5. The molecule has 2 aliphatic heterocycles. The third kappa shape index (κ3) is 5.67. The van der Waals surface area contributed by atoms with Crippen LogP contribution in [0.4, 0.5) is 11.5 Å². The first kappa shape index (κ1) is 32.3. The van der Waals surface area contributed by atoms with Crippen molar-refractivity contribution in [3.8, 4) is 11.3 Å². The summed E-state index contributed by atoms with van der Waals surface area (Å²) in [5, 5.41) is 0.702. The molecule has 10 nitrogen and oxygen atoms in total. The van der Waals surface area contributed by atoms with Gasteiger partial charge in [0.05, 0.1) is 40.3 Å². The average Bonchev–Trinajstić information content (AvgIpc) is 3.25. The van der Waals surface area contributed by atoms with Gasteiger partial charge in [-0.05, 0) is 76.3 Å². The molecule has 2 aromatic carbocycles. The molecule has 45 heavy (non-hydrogen) atoms. The van der Waals surface area contributed by atoms with Crippen molar-refractivity contribution in [1.82, 2.24) is 14.7 Å². The van der Waals surface area contributed by atoms with Gasteiger partial charge in [0.1, 0.15) is 0 Å². The van der Waals surface area contributed by atoms with Crippen LogP contribution < -0.4 is 14.3 Å². The summed E-state index contributed by atoms with van der Waals surface area (Å²) in [4.78, 5) is 24.9. The van der Waals surface area contributed by atoms with Crippen LogP contribution in [-0.4, -0.2) is 54.9 Å². The van der Waals surface area contributed by atoms with E-state index in [1.807, 2.05) is 32.9 Å². The molecule has 2 atom stereocenters. The summed E-state index contributed by atoms with van der Waals surface area (Å²) < 4.78 is 48.5. The molecule has 6 rings (SSSR count). The monoisotopic (exact) mass is 691 g/mol. The van der Waals surface area contributed by atoms with Gasteiger partial charge in [0, 0.05) is 46.7 Å². The Morgan fingerprint density at radius 1 is 1.22 bits per heavy atom. The lowest BCUT2D eigenvalue weighted by atomic mass is 9.72. The summed E-state index contributed by atoms with van der Waals surface area (Å²) in [5.74, 6) is -0.130. The Hall–Kier alpha value is -2.61.